The van der Waals surface area contributed by atoms with Crippen LogP contribution < -0.4 is 10.1 Å². The van der Waals surface area contributed by atoms with E-state index in [2.05, 4.69) is 5.32 Å². The van der Waals surface area contributed by atoms with Gasteiger partial charge in [-0.3, -0.25) is 0 Å². The molecule has 6 heteroatoms. The van der Waals surface area contributed by atoms with Crippen LogP contribution in [0.4, 0.5) is 9.18 Å². The van der Waals surface area contributed by atoms with Gasteiger partial charge in [-0.15, -0.1) is 0 Å². The minimum atomic E-state index is -0.448. The zero-order chi connectivity index (χ0) is 20.9. The van der Waals surface area contributed by atoms with Crippen molar-refractivity contribution in [3.8, 4) is 5.75 Å². The van der Waals surface area contributed by atoms with Crippen LogP contribution in [0.1, 0.15) is 59.9 Å². The first kappa shape index (κ1) is 25.2. The molecule has 0 saturated carbocycles. The van der Waals surface area contributed by atoms with Gasteiger partial charge < -0.3 is 19.5 Å². The Morgan fingerprint density at radius 3 is 2.41 bits per heavy atom. The third kappa shape index (κ3) is 12.2. The second kappa shape index (κ2) is 13.4. The predicted molar refractivity (Wildman–Crippen MR) is 107 cm³/mol. The summed E-state index contributed by atoms with van der Waals surface area (Å²) in [6.07, 6.45) is -0.448. The van der Waals surface area contributed by atoms with Crippen molar-refractivity contribution >= 4 is 6.09 Å². The second-order valence-corrected chi connectivity index (χ2v) is 7.36. The first-order valence-corrected chi connectivity index (χ1v) is 9.59. The molecule has 1 aromatic rings. The van der Waals surface area contributed by atoms with Gasteiger partial charge in [-0.25, -0.2) is 9.18 Å². The van der Waals surface area contributed by atoms with Crippen molar-refractivity contribution in [2.45, 2.75) is 54.4 Å². The van der Waals surface area contributed by atoms with E-state index in [9.17, 15) is 9.18 Å². The van der Waals surface area contributed by atoms with Crippen LogP contribution in [-0.4, -0.2) is 39.1 Å². The van der Waals surface area contributed by atoms with E-state index in [-0.39, 0.29) is 17.2 Å². The Hall–Kier alpha value is -1.82. The molecule has 0 aromatic heterocycles. The lowest BCUT2D eigenvalue weighted by atomic mass is 9.99. The maximum absolute atomic E-state index is 13.3. The van der Waals surface area contributed by atoms with Crippen LogP contribution in [0.5, 0.6) is 5.75 Å². The number of amides is 1. The molecule has 1 rings (SSSR count). The maximum Gasteiger partial charge on any atom is 0.407 e. The number of carbonyl (C=O) groups excluding carboxylic acids is 1. The van der Waals surface area contributed by atoms with Crippen molar-refractivity contribution in [1.82, 2.24) is 5.32 Å². The molecular weight excluding hydrogens is 349 g/mol. The Bertz CT molecular complexity index is 541. The minimum Gasteiger partial charge on any atom is -0.491 e. The smallest absolute Gasteiger partial charge is 0.407 e. The first-order chi connectivity index (χ1) is 12.7. The number of nitrogens with one attached hydrogen (secondary N) is 1. The molecule has 0 fully saturated rings. The molecule has 156 valence electrons. The van der Waals surface area contributed by atoms with Crippen LogP contribution in [-0.2, 0) is 9.47 Å². The van der Waals surface area contributed by atoms with Crippen molar-refractivity contribution in [2.24, 2.45) is 5.41 Å². The van der Waals surface area contributed by atoms with E-state index in [1.807, 2.05) is 48.5 Å². The fourth-order valence-electron chi connectivity index (χ4n) is 1.98. The summed E-state index contributed by atoms with van der Waals surface area (Å²) >= 11 is 0. The normalized spacial score (nSPS) is 10.9. The summed E-state index contributed by atoms with van der Waals surface area (Å²) in [5.41, 5.74) is 0.904. The van der Waals surface area contributed by atoms with Gasteiger partial charge in [0.2, 0.25) is 0 Å². The summed E-state index contributed by atoms with van der Waals surface area (Å²) in [7, 11) is 0. The molecule has 0 heterocycles. The van der Waals surface area contributed by atoms with E-state index in [1.165, 1.54) is 12.1 Å². The number of ether oxygens (including phenoxy) is 3. The number of rotatable bonds is 9. The summed E-state index contributed by atoms with van der Waals surface area (Å²) < 4.78 is 29.4. The Kier molecular flexibility index (Phi) is 12.5. The van der Waals surface area contributed by atoms with Crippen LogP contribution in [0.25, 0.3) is 0 Å². The second-order valence-electron chi connectivity index (χ2n) is 7.36. The Labute approximate surface area is 163 Å². The highest BCUT2D eigenvalue weighted by Crippen LogP contribution is 2.27. The minimum absolute atomic E-state index is 0.0586. The van der Waals surface area contributed by atoms with Gasteiger partial charge in [-0.1, -0.05) is 54.5 Å². The molecule has 27 heavy (non-hydrogen) atoms. The molecule has 1 amide bonds. The molecule has 0 aliphatic heterocycles. The van der Waals surface area contributed by atoms with Gasteiger partial charge in [0.15, 0.2) is 0 Å². The summed E-state index contributed by atoms with van der Waals surface area (Å²) in [4.78, 5) is 11.4. The Balaban J connectivity index is 0.00000326. The van der Waals surface area contributed by atoms with E-state index in [4.69, 9.17) is 14.2 Å². The summed E-state index contributed by atoms with van der Waals surface area (Å²) in [6, 6.07) is 4.56. The molecule has 0 bridgehead atoms. The molecule has 0 unspecified atom stereocenters. The molecular formula is C21H36FNO4. The van der Waals surface area contributed by atoms with Gasteiger partial charge in [0.1, 0.15) is 18.2 Å². The number of alkyl carbamates (subject to hydrolysis) is 1. The predicted octanol–water partition coefficient (Wildman–Crippen LogP) is 5.14. The number of halogens is 1. The highest BCUT2D eigenvalue weighted by molar-refractivity contribution is 5.67. The zero-order valence-corrected chi connectivity index (χ0v) is 17.9. The average molecular weight is 386 g/mol. The van der Waals surface area contributed by atoms with Crippen molar-refractivity contribution in [3.63, 3.8) is 0 Å². The third-order valence-electron chi connectivity index (χ3n) is 3.23. The van der Waals surface area contributed by atoms with Crippen LogP contribution in [0.2, 0.25) is 0 Å². The quantitative estimate of drug-likeness (QED) is 0.598. The largest absolute Gasteiger partial charge is 0.491 e. The summed E-state index contributed by atoms with van der Waals surface area (Å²) in [6.45, 7) is 15.8. The number of hydrogen-bond acceptors (Lipinski definition) is 4. The molecule has 0 atom stereocenters. The van der Waals surface area contributed by atoms with E-state index < -0.39 is 6.09 Å². The van der Waals surface area contributed by atoms with Gasteiger partial charge in [0.25, 0.3) is 0 Å². The van der Waals surface area contributed by atoms with Crippen molar-refractivity contribution in [1.29, 1.82) is 0 Å². The average Bonchev–Trinajstić information content (AvgIpc) is 2.60. The van der Waals surface area contributed by atoms with E-state index in [0.717, 1.165) is 5.56 Å². The third-order valence-corrected chi connectivity index (χ3v) is 3.23. The first-order valence-electron chi connectivity index (χ1n) is 9.59. The van der Waals surface area contributed by atoms with Gasteiger partial charge in [-0.05, 0) is 23.0 Å². The molecule has 0 spiro atoms. The number of benzene rings is 1. The van der Waals surface area contributed by atoms with Crippen molar-refractivity contribution < 1.29 is 23.4 Å². The molecule has 0 aliphatic rings. The molecule has 0 aliphatic carbocycles. The van der Waals surface area contributed by atoms with Crippen molar-refractivity contribution in [2.75, 3.05) is 33.0 Å². The van der Waals surface area contributed by atoms with Gasteiger partial charge in [-0.2, -0.15) is 0 Å². The van der Waals surface area contributed by atoms with Gasteiger partial charge >= 0.3 is 6.09 Å². The van der Waals surface area contributed by atoms with Crippen LogP contribution >= 0.6 is 0 Å². The van der Waals surface area contributed by atoms with E-state index >= 15 is 0 Å². The van der Waals surface area contributed by atoms with Crippen LogP contribution in [0.3, 0.4) is 0 Å². The van der Waals surface area contributed by atoms with Crippen molar-refractivity contribution in [3.05, 3.63) is 29.6 Å². The van der Waals surface area contributed by atoms with Gasteiger partial charge in [0.05, 0.1) is 19.8 Å². The number of carbonyl (C=O) groups is 1. The van der Waals surface area contributed by atoms with Gasteiger partial charge in [0, 0.05) is 12.6 Å². The molecule has 5 nitrogen and oxygen atoms in total. The fourth-order valence-corrected chi connectivity index (χ4v) is 1.98. The molecule has 0 saturated heterocycles. The molecule has 1 N–H and O–H groups in total. The lowest BCUT2D eigenvalue weighted by Gasteiger charge is -2.18. The van der Waals surface area contributed by atoms with E-state index in [1.54, 1.807) is 6.07 Å². The summed E-state index contributed by atoms with van der Waals surface area (Å²) in [5.74, 6) is 0.473. The van der Waals surface area contributed by atoms with E-state index in [0.29, 0.717) is 38.7 Å². The highest BCUT2D eigenvalue weighted by atomic mass is 19.1. The standard InChI is InChI=1S/C19H30FNO4.C2H6/c1-14(2)16-7-6-15(20)12-17(16)24-11-10-23-9-8-21-18(22)25-13-19(3,4)5;1-2/h6-7,12,14H,8-11,13H2,1-5H3,(H,21,22);1-2H3. The fraction of sp³-hybridized carbons (Fsp3) is 0.667. The Morgan fingerprint density at radius 1 is 1.15 bits per heavy atom. The molecule has 0 radical (unpaired) electrons. The lowest BCUT2D eigenvalue weighted by molar-refractivity contribution is 0.0886. The van der Waals surface area contributed by atoms with Crippen LogP contribution in [0.15, 0.2) is 18.2 Å². The number of hydrogen-bond donors (Lipinski definition) is 1. The zero-order valence-electron chi connectivity index (χ0n) is 17.9. The van der Waals surface area contributed by atoms with Crippen LogP contribution in [0, 0.1) is 11.2 Å². The monoisotopic (exact) mass is 385 g/mol. The Morgan fingerprint density at radius 2 is 1.81 bits per heavy atom. The lowest BCUT2D eigenvalue weighted by Crippen LogP contribution is -2.30. The SMILES string of the molecule is CC.CC(C)c1ccc(F)cc1OCCOCCNC(=O)OCC(C)(C)C. The highest BCUT2D eigenvalue weighted by Gasteiger charge is 2.13. The maximum atomic E-state index is 13.3. The summed E-state index contributed by atoms with van der Waals surface area (Å²) in [5, 5.41) is 2.62. The topological polar surface area (TPSA) is 56.8 Å². The molecule has 1 aromatic carbocycles.